The minimum atomic E-state index is -5.05. The molecule has 33 heavy (non-hydrogen) atoms. The number of aromatic nitrogens is 2. The van der Waals surface area contributed by atoms with Gasteiger partial charge in [-0.2, -0.15) is 0 Å². The minimum absolute atomic E-state index is 0.0481. The normalized spacial score (nSPS) is 16.9. The summed E-state index contributed by atoms with van der Waals surface area (Å²) in [5.41, 5.74) is 0.122. The number of benzene rings is 1. The summed E-state index contributed by atoms with van der Waals surface area (Å²) in [6.45, 7) is -0.124. The van der Waals surface area contributed by atoms with Crippen LogP contribution in [-0.4, -0.2) is 49.2 Å². The number of methoxy groups -OCH3 is 2. The van der Waals surface area contributed by atoms with E-state index in [1.54, 1.807) is 7.11 Å². The fraction of sp³-hybridized carbons (Fsp3) is 0.381. The van der Waals surface area contributed by atoms with Crippen LogP contribution in [0.1, 0.15) is 40.8 Å². The zero-order valence-electron chi connectivity index (χ0n) is 17.7. The molecular formula is C21H21F4N3O5. The van der Waals surface area contributed by atoms with Gasteiger partial charge >= 0.3 is 6.36 Å². The molecule has 1 aliphatic rings. The highest BCUT2D eigenvalue weighted by Gasteiger charge is 2.32. The highest BCUT2D eigenvalue weighted by atomic mass is 19.4. The van der Waals surface area contributed by atoms with Gasteiger partial charge in [-0.3, -0.25) is 9.59 Å². The van der Waals surface area contributed by atoms with E-state index in [-0.39, 0.29) is 29.8 Å². The topological polar surface area (TPSA) is 103 Å². The lowest BCUT2D eigenvalue weighted by Crippen LogP contribution is -2.33. The average molecular weight is 471 g/mol. The number of aromatic amines is 1. The first-order chi connectivity index (χ1) is 15.6. The summed E-state index contributed by atoms with van der Waals surface area (Å²) in [6.07, 6.45) is -2.09. The van der Waals surface area contributed by atoms with Crippen LogP contribution in [-0.2, 0) is 9.47 Å². The van der Waals surface area contributed by atoms with Crippen molar-refractivity contribution in [3.8, 4) is 5.75 Å². The maximum absolute atomic E-state index is 14.1. The summed E-state index contributed by atoms with van der Waals surface area (Å²) in [5.74, 6) is -2.79. The first-order valence-electron chi connectivity index (χ1n) is 9.78. The molecule has 0 fully saturated rings. The van der Waals surface area contributed by atoms with E-state index in [2.05, 4.69) is 20.0 Å². The van der Waals surface area contributed by atoms with Crippen LogP contribution in [0, 0.1) is 5.82 Å². The number of carbonyl (C=O) groups is 1. The minimum Gasteiger partial charge on any atom is -0.403 e. The number of hydrogen-bond donors (Lipinski definition) is 2. The molecule has 12 heteroatoms. The maximum atomic E-state index is 14.1. The Bertz CT molecular complexity index is 1100. The Kier molecular flexibility index (Phi) is 7.49. The van der Waals surface area contributed by atoms with Crippen molar-refractivity contribution in [3.05, 3.63) is 63.6 Å². The summed E-state index contributed by atoms with van der Waals surface area (Å²) < 4.78 is 65.2. The number of alkyl halides is 3. The Morgan fingerprint density at radius 3 is 2.67 bits per heavy atom. The van der Waals surface area contributed by atoms with Gasteiger partial charge in [-0.1, -0.05) is 12.1 Å². The van der Waals surface area contributed by atoms with Crippen LogP contribution in [0.3, 0.4) is 0 Å². The van der Waals surface area contributed by atoms with Crippen molar-refractivity contribution in [1.82, 2.24) is 15.3 Å². The molecule has 0 bridgehead atoms. The largest absolute Gasteiger partial charge is 0.573 e. The van der Waals surface area contributed by atoms with E-state index in [0.717, 1.165) is 23.8 Å². The van der Waals surface area contributed by atoms with E-state index in [1.807, 2.05) is 6.08 Å². The van der Waals surface area contributed by atoms with Gasteiger partial charge < -0.3 is 24.5 Å². The van der Waals surface area contributed by atoms with Crippen LogP contribution < -0.4 is 15.6 Å². The Balaban J connectivity index is 1.81. The number of carbonyl (C=O) groups excluding carboxylic acids is 1. The second-order valence-electron chi connectivity index (χ2n) is 7.23. The van der Waals surface area contributed by atoms with Gasteiger partial charge in [-0.25, -0.2) is 9.37 Å². The molecule has 1 amide bonds. The zero-order chi connectivity index (χ0) is 24.2. The molecule has 8 nitrogen and oxygen atoms in total. The molecule has 0 aliphatic heterocycles. The predicted octanol–water partition coefficient (Wildman–Crippen LogP) is 3.12. The molecule has 178 valence electrons. The number of halogens is 4. The first kappa shape index (κ1) is 24.4. The second kappa shape index (κ2) is 10.1. The van der Waals surface area contributed by atoms with E-state index < -0.39 is 35.4 Å². The quantitative estimate of drug-likeness (QED) is 0.574. The van der Waals surface area contributed by atoms with Crippen molar-refractivity contribution in [1.29, 1.82) is 0 Å². The Morgan fingerprint density at radius 2 is 2.06 bits per heavy atom. The van der Waals surface area contributed by atoms with E-state index >= 15 is 0 Å². The van der Waals surface area contributed by atoms with Gasteiger partial charge in [0.15, 0.2) is 11.6 Å². The van der Waals surface area contributed by atoms with Gasteiger partial charge in [0.2, 0.25) is 0 Å². The van der Waals surface area contributed by atoms with Gasteiger partial charge in [0.1, 0.15) is 11.5 Å². The summed E-state index contributed by atoms with van der Waals surface area (Å²) in [7, 11) is 2.90. The SMILES string of the molecule is COC[C@@H](NC(=O)c1cc(=O)[nH]c(C2=CCC(OC)C2)n1)c1ccc(OC(F)(F)F)c(F)c1. The smallest absolute Gasteiger partial charge is 0.403 e. The highest BCUT2D eigenvalue weighted by Crippen LogP contribution is 2.29. The van der Waals surface area contributed by atoms with E-state index in [9.17, 15) is 27.2 Å². The molecule has 3 rings (SSSR count). The van der Waals surface area contributed by atoms with Gasteiger partial charge in [-0.15, -0.1) is 13.2 Å². The lowest BCUT2D eigenvalue weighted by Gasteiger charge is -2.19. The molecule has 0 saturated carbocycles. The number of nitrogens with one attached hydrogen (secondary N) is 2. The Morgan fingerprint density at radius 1 is 1.30 bits per heavy atom. The highest BCUT2D eigenvalue weighted by molar-refractivity contribution is 5.92. The fourth-order valence-electron chi connectivity index (χ4n) is 3.35. The lowest BCUT2D eigenvalue weighted by atomic mass is 10.1. The summed E-state index contributed by atoms with van der Waals surface area (Å²) >= 11 is 0. The molecule has 1 unspecified atom stereocenters. The average Bonchev–Trinajstić information content (AvgIpc) is 3.23. The molecule has 1 aromatic heterocycles. The van der Waals surface area contributed by atoms with Crippen molar-refractivity contribution in [2.75, 3.05) is 20.8 Å². The molecule has 0 spiro atoms. The Labute approximate surface area is 185 Å². The predicted molar refractivity (Wildman–Crippen MR) is 108 cm³/mol. The summed E-state index contributed by atoms with van der Waals surface area (Å²) in [5, 5.41) is 2.56. The van der Waals surface area contributed by atoms with Crippen LogP contribution >= 0.6 is 0 Å². The van der Waals surface area contributed by atoms with Crippen molar-refractivity contribution in [3.63, 3.8) is 0 Å². The molecule has 1 heterocycles. The summed E-state index contributed by atoms with van der Waals surface area (Å²) in [4.78, 5) is 31.7. The third-order valence-corrected chi connectivity index (χ3v) is 4.91. The van der Waals surface area contributed by atoms with Crippen molar-refractivity contribution in [2.45, 2.75) is 31.3 Å². The van der Waals surface area contributed by atoms with Gasteiger partial charge in [0.05, 0.1) is 18.8 Å². The number of ether oxygens (including phenoxy) is 3. The van der Waals surface area contributed by atoms with E-state index in [1.165, 1.54) is 13.2 Å². The number of hydrogen-bond acceptors (Lipinski definition) is 6. The fourth-order valence-corrected chi connectivity index (χ4v) is 3.35. The molecule has 2 aromatic rings. The molecule has 1 aliphatic carbocycles. The lowest BCUT2D eigenvalue weighted by molar-refractivity contribution is -0.275. The van der Waals surface area contributed by atoms with Crippen molar-refractivity contribution in [2.24, 2.45) is 0 Å². The van der Waals surface area contributed by atoms with E-state index in [4.69, 9.17) is 9.47 Å². The molecule has 2 N–H and O–H groups in total. The number of rotatable bonds is 8. The van der Waals surface area contributed by atoms with Crippen LogP contribution in [0.2, 0.25) is 0 Å². The molecule has 0 saturated heterocycles. The van der Waals surface area contributed by atoms with Gasteiger partial charge in [0.25, 0.3) is 11.5 Å². The van der Waals surface area contributed by atoms with E-state index in [0.29, 0.717) is 12.8 Å². The number of amides is 1. The van der Waals surface area contributed by atoms with Crippen LogP contribution in [0.15, 0.2) is 35.1 Å². The van der Waals surface area contributed by atoms with Crippen LogP contribution in [0.25, 0.3) is 5.57 Å². The Hall–Kier alpha value is -3.25. The first-order valence-corrected chi connectivity index (χ1v) is 9.78. The van der Waals surface area contributed by atoms with Crippen molar-refractivity contribution >= 4 is 11.5 Å². The molecule has 2 atom stereocenters. The number of nitrogens with zero attached hydrogens (tertiary/aromatic N) is 1. The number of H-pyrrole nitrogens is 1. The molecule has 1 aromatic carbocycles. The van der Waals surface area contributed by atoms with Crippen LogP contribution in [0.5, 0.6) is 5.75 Å². The van der Waals surface area contributed by atoms with Gasteiger partial charge in [-0.05, 0) is 29.7 Å². The van der Waals surface area contributed by atoms with Gasteiger partial charge in [0, 0.05) is 26.7 Å². The van der Waals surface area contributed by atoms with Crippen LogP contribution in [0.4, 0.5) is 17.6 Å². The molecular weight excluding hydrogens is 450 g/mol. The second-order valence-corrected chi connectivity index (χ2v) is 7.23. The maximum Gasteiger partial charge on any atom is 0.573 e. The standard InChI is InChI=1S/C21H21F4N3O5/c1-31-10-16(11-4-6-17(14(22)8-11)33-21(23,24)25)27-20(30)15-9-18(29)28-19(26-15)12-3-5-13(7-12)32-2/h3-4,6,8-9,13,16H,5,7,10H2,1-2H3,(H,27,30)(H,26,28,29)/t13?,16-/m1/s1. The monoisotopic (exact) mass is 471 g/mol. The zero-order valence-corrected chi connectivity index (χ0v) is 17.7. The third-order valence-electron chi connectivity index (χ3n) is 4.91. The van der Waals surface area contributed by atoms with Crippen molar-refractivity contribution < 1.29 is 36.6 Å². The summed E-state index contributed by atoms with van der Waals surface area (Å²) in [6, 6.07) is 2.84. The third kappa shape index (κ3) is 6.39. The molecule has 0 radical (unpaired) electrons.